The topological polar surface area (TPSA) is 21.3 Å². The van der Waals surface area contributed by atoms with Crippen LogP contribution in [0.2, 0.25) is 0 Å². The van der Waals surface area contributed by atoms with Crippen LogP contribution in [-0.2, 0) is 4.84 Å². The minimum absolute atomic E-state index is 0.186. The van der Waals surface area contributed by atoms with Gasteiger partial charge < -0.3 is 0 Å². The number of rotatable bonds is 5. The van der Waals surface area contributed by atoms with Crippen LogP contribution in [0, 0.1) is 0 Å². The van der Waals surface area contributed by atoms with Crippen LogP contribution in [-0.4, -0.2) is 6.10 Å². The highest BCUT2D eigenvalue weighted by Crippen LogP contribution is 2.30. The highest BCUT2D eigenvalue weighted by atomic mass is 32.1. The number of hydrogen-bond donors (Lipinski definition) is 1. The van der Waals surface area contributed by atoms with Gasteiger partial charge >= 0.3 is 0 Å². The van der Waals surface area contributed by atoms with Crippen molar-refractivity contribution in [2.45, 2.75) is 37.8 Å². The molecule has 2 heterocycles. The van der Waals surface area contributed by atoms with Crippen molar-refractivity contribution in [3.05, 3.63) is 44.8 Å². The lowest BCUT2D eigenvalue weighted by molar-refractivity contribution is -0.0329. The van der Waals surface area contributed by atoms with E-state index >= 15 is 0 Å². The second kappa shape index (κ2) is 5.97. The first-order valence-corrected chi connectivity index (χ1v) is 8.17. The van der Waals surface area contributed by atoms with Crippen molar-refractivity contribution in [3.8, 4) is 0 Å². The maximum Gasteiger partial charge on any atom is 0.100 e. The van der Waals surface area contributed by atoms with Gasteiger partial charge in [0.1, 0.15) is 6.04 Å². The molecule has 0 radical (unpaired) electrons. The summed E-state index contributed by atoms with van der Waals surface area (Å²) < 4.78 is 0. The summed E-state index contributed by atoms with van der Waals surface area (Å²) in [5.74, 6) is 0. The summed E-state index contributed by atoms with van der Waals surface area (Å²) in [4.78, 5) is 8.51. The van der Waals surface area contributed by atoms with Crippen molar-refractivity contribution in [3.63, 3.8) is 0 Å². The van der Waals surface area contributed by atoms with Crippen LogP contribution in [0.3, 0.4) is 0 Å². The molecule has 0 spiro atoms. The van der Waals surface area contributed by atoms with Gasteiger partial charge in [-0.3, -0.25) is 4.84 Å². The maximum atomic E-state index is 5.88. The van der Waals surface area contributed by atoms with E-state index < -0.39 is 0 Å². The van der Waals surface area contributed by atoms with Crippen LogP contribution in [0.1, 0.15) is 41.5 Å². The average molecular weight is 279 g/mol. The molecule has 1 aliphatic carbocycles. The van der Waals surface area contributed by atoms with Crippen LogP contribution in [0.15, 0.2) is 35.0 Å². The van der Waals surface area contributed by atoms with Gasteiger partial charge in [0.15, 0.2) is 0 Å². The molecule has 2 aromatic rings. The van der Waals surface area contributed by atoms with E-state index in [-0.39, 0.29) is 6.04 Å². The number of hydrogen-bond acceptors (Lipinski definition) is 4. The van der Waals surface area contributed by atoms with Crippen molar-refractivity contribution in [2.24, 2.45) is 0 Å². The first kappa shape index (κ1) is 12.4. The molecule has 0 aliphatic heterocycles. The van der Waals surface area contributed by atoms with Gasteiger partial charge in [-0.1, -0.05) is 25.0 Å². The Morgan fingerprint density at radius 3 is 2.17 bits per heavy atom. The molecule has 0 aromatic carbocycles. The first-order valence-electron chi connectivity index (χ1n) is 6.41. The van der Waals surface area contributed by atoms with Crippen molar-refractivity contribution in [2.75, 3.05) is 0 Å². The molecule has 2 aromatic heterocycles. The zero-order chi connectivity index (χ0) is 12.2. The molecule has 0 saturated heterocycles. The van der Waals surface area contributed by atoms with E-state index in [4.69, 9.17) is 4.84 Å². The Kier molecular flexibility index (Phi) is 4.10. The fourth-order valence-corrected chi connectivity index (χ4v) is 3.98. The van der Waals surface area contributed by atoms with Crippen molar-refractivity contribution in [1.29, 1.82) is 0 Å². The lowest BCUT2D eigenvalue weighted by atomic mass is 10.2. The van der Waals surface area contributed by atoms with Crippen molar-refractivity contribution in [1.82, 2.24) is 5.48 Å². The average Bonchev–Trinajstić information content (AvgIpc) is 3.14. The molecule has 0 amide bonds. The van der Waals surface area contributed by atoms with E-state index in [0.29, 0.717) is 6.10 Å². The molecule has 1 fully saturated rings. The summed E-state index contributed by atoms with van der Waals surface area (Å²) in [5.41, 5.74) is 3.29. The number of thiophene rings is 2. The Hall–Kier alpha value is -0.680. The number of nitrogens with one attached hydrogen (secondary N) is 1. The minimum Gasteiger partial charge on any atom is -0.298 e. The van der Waals surface area contributed by atoms with E-state index in [9.17, 15) is 0 Å². The van der Waals surface area contributed by atoms with E-state index in [1.807, 2.05) is 0 Å². The fraction of sp³-hybridized carbons (Fsp3) is 0.429. The summed E-state index contributed by atoms with van der Waals surface area (Å²) in [6, 6.07) is 8.71. The largest absolute Gasteiger partial charge is 0.298 e. The molecular weight excluding hydrogens is 262 g/mol. The highest BCUT2D eigenvalue weighted by Gasteiger charge is 2.20. The van der Waals surface area contributed by atoms with Crippen LogP contribution < -0.4 is 5.48 Å². The first-order chi connectivity index (χ1) is 8.93. The lowest BCUT2D eigenvalue weighted by Gasteiger charge is -2.19. The lowest BCUT2D eigenvalue weighted by Crippen LogP contribution is -2.26. The maximum absolute atomic E-state index is 5.88. The minimum atomic E-state index is 0.186. The van der Waals surface area contributed by atoms with Gasteiger partial charge in [-0.05, 0) is 35.7 Å². The third-order valence-electron chi connectivity index (χ3n) is 3.31. The fourth-order valence-electron chi connectivity index (χ4n) is 2.34. The monoisotopic (exact) mass is 279 g/mol. The Bertz CT molecular complexity index is 412. The molecule has 1 aliphatic rings. The molecule has 4 heteroatoms. The zero-order valence-electron chi connectivity index (χ0n) is 10.2. The summed E-state index contributed by atoms with van der Waals surface area (Å²) in [7, 11) is 0. The molecule has 18 heavy (non-hydrogen) atoms. The van der Waals surface area contributed by atoms with Crippen LogP contribution in [0.25, 0.3) is 0 Å². The van der Waals surface area contributed by atoms with E-state index in [1.165, 1.54) is 35.4 Å². The van der Waals surface area contributed by atoms with Gasteiger partial charge in [0.25, 0.3) is 0 Å². The predicted molar refractivity (Wildman–Crippen MR) is 77.0 cm³/mol. The molecule has 0 bridgehead atoms. The van der Waals surface area contributed by atoms with Crippen LogP contribution in [0.5, 0.6) is 0 Å². The molecule has 3 rings (SSSR count). The van der Waals surface area contributed by atoms with Gasteiger partial charge in [-0.2, -0.15) is 5.48 Å². The summed E-state index contributed by atoms with van der Waals surface area (Å²) in [6.45, 7) is 0. The normalized spacial score (nSPS) is 16.7. The van der Waals surface area contributed by atoms with Gasteiger partial charge in [0.2, 0.25) is 0 Å². The van der Waals surface area contributed by atoms with E-state index in [1.54, 1.807) is 22.7 Å². The van der Waals surface area contributed by atoms with Gasteiger partial charge in [-0.25, -0.2) is 0 Å². The quantitative estimate of drug-likeness (QED) is 0.821. The molecule has 0 unspecified atom stereocenters. The highest BCUT2D eigenvalue weighted by molar-refractivity contribution is 7.11. The molecule has 96 valence electrons. The Balaban J connectivity index is 1.70. The third-order valence-corrected chi connectivity index (χ3v) is 5.18. The van der Waals surface area contributed by atoms with E-state index in [0.717, 1.165) is 0 Å². The predicted octanol–water partition coefficient (Wildman–Crippen LogP) is 4.36. The molecule has 1 N–H and O–H groups in total. The van der Waals surface area contributed by atoms with Crippen molar-refractivity contribution < 1.29 is 4.84 Å². The molecular formula is C14H17NOS2. The second-order valence-electron chi connectivity index (χ2n) is 4.61. The Morgan fingerprint density at radius 1 is 1.06 bits per heavy atom. The van der Waals surface area contributed by atoms with Crippen LogP contribution >= 0.6 is 22.7 Å². The summed E-state index contributed by atoms with van der Waals surface area (Å²) >= 11 is 3.55. The van der Waals surface area contributed by atoms with Crippen molar-refractivity contribution >= 4 is 22.7 Å². The third kappa shape index (κ3) is 2.83. The molecule has 1 saturated carbocycles. The smallest absolute Gasteiger partial charge is 0.100 e. The Morgan fingerprint density at radius 2 is 1.67 bits per heavy atom. The van der Waals surface area contributed by atoms with Crippen LogP contribution in [0.4, 0.5) is 0 Å². The van der Waals surface area contributed by atoms with Gasteiger partial charge in [0, 0.05) is 9.75 Å². The standard InChI is InChI=1S/C14H17NOS2/c1-2-6-11(5-1)16-15-14(12-7-3-9-17-12)13-8-4-10-18-13/h3-4,7-11,14-15H,1-2,5-6H2. The number of hydroxylamine groups is 1. The molecule has 2 nitrogen and oxygen atoms in total. The second-order valence-corrected chi connectivity index (χ2v) is 6.56. The van der Waals surface area contributed by atoms with E-state index in [2.05, 4.69) is 40.5 Å². The van der Waals surface area contributed by atoms with Gasteiger partial charge in [-0.15, -0.1) is 22.7 Å². The Labute approximate surface area is 116 Å². The zero-order valence-corrected chi connectivity index (χ0v) is 11.8. The van der Waals surface area contributed by atoms with Gasteiger partial charge in [0.05, 0.1) is 6.10 Å². The summed E-state index contributed by atoms with van der Waals surface area (Å²) in [5, 5.41) is 4.24. The molecule has 0 atom stereocenters. The SMILES string of the molecule is c1csc(C(NOC2CCCC2)c2cccs2)c1. The summed E-state index contributed by atoms with van der Waals surface area (Å²) in [6.07, 6.45) is 5.38.